The third-order valence-corrected chi connectivity index (χ3v) is 3.85. The second-order valence-electron chi connectivity index (χ2n) is 4.69. The Labute approximate surface area is 119 Å². The molecule has 2 rings (SSSR count). The average molecular weight is 300 g/mol. The molecule has 0 atom stereocenters. The van der Waals surface area contributed by atoms with Gasteiger partial charge in [-0.15, -0.1) is 11.3 Å². The molecule has 20 heavy (non-hydrogen) atoms. The predicted molar refractivity (Wildman–Crippen MR) is 74.5 cm³/mol. The van der Waals surface area contributed by atoms with Crippen LogP contribution in [0.15, 0.2) is 30.3 Å². The van der Waals surface area contributed by atoms with Gasteiger partial charge in [0.2, 0.25) is 0 Å². The molecule has 0 unspecified atom stereocenters. The lowest BCUT2D eigenvalue weighted by molar-refractivity contribution is -0.137. The first kappa shape index (κ1) is 15.0. The molecule has 0 fully saturated rings. The molecular formula is C14H15F3N2S. The number of nitrogens with one attached hydrogen (secondary N) is 1. The first-order valence-electron chi connectivity index (χ1n) is 6.23. The van der Waals surface area contributed by atoms with Crippen LogP contribution in [0.25, 0.3) is 10.4 Å². The lowest BCUT2D eigenvalue weighted by Crippen LogP contribution is -2.22. The van der Waals surface area contributed by atoms with E-state index in [9.17, 15) is 13.2 Å². The molecule has 0 spiro atoms. The van der Waals surface area contributed by atoms with Crippen molar-refractivity contribution in [2.45, 2.75) is 32.6 Å². The number of thiazole rings is 1. The average Bonchev–Trinajstić information content (AvgIpc) is 2.81. The number of hydrogen-bond acceptors (Lipinski definition) is 3. The molecule has 1 N–H and O–H groups in total. The fourth-order valence-electron chi connectivity index (χ4n) is 1.71. The maximum absolute atomic E-state index is 12.8. The standard InChI is InChI=1S/C14H15F3N2S/c1-9(2)18-8-11-12(10-6-4-3-5-7-10)20-13(19-11)14(15,16)17/h3-7,9,18H,8H2,1-2H3. The molecule has 1 heterocycles. The van der Waals surface area contributed by atoms with Crippen LogP contribution in [0.4, 0.5) is 13.2 Å². The van der Waals surface area contributed by atoms with Gasteiger partial charge in [0.25, 0.3) is 0 Å². The highest BCUT2D eigenvalue weighted by atomic mass is 32.1. The number of nitrogens with zero attached hydrogens (tertiary/aromatic N) is 1. The molecule has 0 bridgehead atoms. The molecule has 108 valence electrons. The van der Waals surface area contributed by atoms with Crippen LogP contribution in [-0.2, 0) is 12.7 Å². The van der Waals surface area contributed by atoms with Crippen LogP contribution < -0.4 is 5.32 Å². The summed E-state index contributed by atoms with van der Waals surface area (Å²) < 4.78 is 38.5. The first-order valence-corrected chi connectivity index (χ1v) is 7.05. The molecular weight excluding hydrogens is 285 g/mol. The zero-order valence-electron chi connectivity index (χ0n) is 11.2. The summed E-state index contributed by atoms with van der Waals surface area (Å²) >= 11 is 0.695. The lowest BCUT2D eigenvalue weighted by atomic mass is 10.1. The third kappa shape index (κ3) is 3.58. The van der Waals surface area contributed by atoms with Crippen molar-refractivity contribution in [1.29, 1.82) is 0 Å². The van der Waals surface area contributed by atoms with Crippen molar-refractivity contribution in [3.05, 3.63) is 41.0 Å². The topological polar surface area (TPSA) is 24.9 Å². The van der Waals surface area contributed by atoms with Gasteiger partial charge in [0.15, 0.2) is 5.01 Å². The number of aromatic nitrogens is 1. The summed E-state index contributed by atoms with van der Waals surface area (Å²) in [6, 6.07) is 9.24. The van der Waals surface area contributed by atoms with Gasteiger partial charge in [-0.1, -0.05) is 44.2 Å². The number of benzene rings is 1. The molecule has 6 heteroatoms. The van der Waals surface area contributed by atoms with Crippen molar-refractivity contribution >= 4 is 11.3 Å². The third-order valence-electron chi connectivity index (χ3n) is 2.65. The minimum atomic E-state index is -4.40. The Morgan fingerprint density at radius 3 is 2.40 bits per heavy atom. The van der Waals surface area contributed by atoms with Crippen molar-refractivity contribution < 1.29 is 13.2 Å². The molecule has 0 saturated carbocycles. The maximum Gasteiger partial charge on any atom is 0.443 e. The van der Waals surface area contributed by atoms with Crippen molar-refractivity contribution in [2.24, 2.45) is 0 Å². The second-order valence-corrected chi connectivity index (χ2v) is 5.69. The van der Waals surface area contributed by atoms with Gasteiger partial charge in [0.05, 0.1) is 10.6 Å². The number of hydrogen-bond donors (Lipinski definition) is 1. The second kappa shape index (κ2) is 5.93. The van der Waals surface area contributed by atoms with Crippen molar-refractivity contribution in [1.82, 2.24) is 10.3 Å². The van der Waals surface area contributed by atoms with Gasteiger partial charge >= 0.3 is 6.18 Å². The first-order chi connectivity index (χ1) is 9.38. The van der Waals surface area contributed by atoms with Gasteiger partial charge in [0, 0.05) is 12.6 Å². The molecule has 2 aromatic rings. The normalized spacial score (nSPS) is 12.1. The van der Waals surface area contributed by atoms with E-state index < -0.39 is 11.2 Å². The Morgan fingerprint density at radius 1 is 1.20 bits per heavy atom. The number of halogens is 3. The summed E-state index contributed by atoms with van der Waals surface area (Å²) in [5.74, 6) is 0. The largest absolute Gasteiger partial charge is 0.443 e. The predicted octanol–water partition coefficient (Wildman–Crippen LogP) is 4.33. The van der Waals surface area contributed by atoms with E-state index in [1.807, 2.05) is 32.0 Å². The highest BCUT2D eigenvalue weighted by molar-refractivity contribution is 7.15. The molecule has 0 aliphatic heterocycles. The molecule has 0 saturated heterocycles. The molecule has 1 aromatic heterocycles. The zero-order chi connectivity index (χ0) is 14.8. The quantitative estimate of drug-likeness (QED) is 0.909. The molecule has 0 aliphatic carbocycles. The van der Waals surface area contributed by atoms with Crippen LogP contribution in [0, 0.1) is 0 Å². The van der Waals surface area contributed by atoms with Gasteiger partial charge in [-0.2, -0.15) is 13.2 Å². The van der Waals surface area contributed by atoms with E-state index in [1.165, 1.54) is 0 Å². The summed E-state index contributed by atoms with van der Waals surface area (Å²) in [5, 5.41) is 2.32. The van der Waals surface area contributed by atoms with Crippen molar-refractivity contribution in [3.63, 3.8) is 0 Å². The minimum Gasteiger partial charge on any atom is -0.309 e. The summed E-state index contributed by atoms with van der Waals surface area (Å²) in [6.45, 7) is 4.22. The van der Waals surface area contributed by atoms with E-state index in [0.29, 0.717) is 28.5 Å². The monoisotopic (exact) mass is 300 g/mol. The number of rotatable bonds is 4. The van der Waals surface area contributed by atoms with E-state index >= 15 is 0 Å². The van der Waals surface area contributed by atoms with Gasteiger partial charge in [-0.05, 0) is 5.56 Å². The zero-order valence-corrected chi connectivity index (χ0v) is 12.0. The summed E-state index contributed by atoms with van der Waals surface area (Å²) in [7, 11) is 0. The van der Waals surface area contributed by atoms with Crippen molar-refractivity contribution in [3.8, 4) is 10.4 Å². The Hall–Kier alpha value is -1.40. The van der Waals surface area contributed by atoms with Crippen LogP contribution in [0.1, 0.15) is 24.5 Å². The SMILES string of the molecule is CC(C)NCc1nc(C(F)(F)F)sc1-c1ccccc1. The fraction of sp³-hybridized carbons (Fsp3) is 0.357. The van der Waals surface area contributed by atoms with Gasteiger partial charge in [0.1, 0.15) is 0 Å². The van der Waals surface area contributed by atoms with Gasteiger partial charge in [-0.3, -0.25) is 0 Å². The smallest absolute Gasteiger partial charge is 0.309 e. The van der Waals surface area contributed by atoms with Crippen LogP contribution in [0.5, 0.6) is 0 Å². The minimum absolute atomic E-state index is 0.190. The highest BCUT2D eigenvalue weighted by Crippen LogP contribution is 2.38. The van der Waals surface area contributed by atoms with Crippen LogP contribution >= 0.6 is 11.3 Å². The van der Waals surface area contributed by atoms with Gasteiger partial charge < -0.3 is 5.32 Å². The molecule has 2 nitrogen and oxygen atoms in total. The molecule has 0 amide bonds. The molecule has 0 aliphatic rings. The van der Waals surface area contributed by atoms with E-state index in [-0.39, 0.29) is 6.04 Å². The van der Waals surface area contributed by atoms with E-state index in [2.05, 4.69) is 10.3 Å². The highest BCUT2D eigenvalue weighted by Gasteiger charge is 2.36. The summed E-state index contributed by atoms with van der Waals surface area (Å²) in [5.41, 5.74) is 1.21. The fourth-order valence-corrected chi connectivity index (χ4v) is 2.66. The van der Waals surface area contributed by atoms with Crippen LogP contribution in [0.2, 0.25) is 0 Å². The lowest BCUT2D eigenvalue weighted by Gasteiger charge is -2.07. The Kier molecular flexibility index (Phi) is 4.45. The molecule has 1 aromatic carbocycles. The van der Waals surface area contributed by atoms with Crippen LogP contribution in [0.3, 0.4) is 0 Å². The Balaban J connectivity index is 2.40. The summed E-state index contributed by atoms with van der Waals surface area (Å²) in [4.78, 5) is 4.34. The van der Waals surface area contributed by atoms with Crippen molar-refractivity contribution in [2.75, 3.05) is 0 Å². The van der Waals surface area contributed by atoms with E-state index in [1.54, 1.807) is 12.1 Å². The van der Waals surface area contributed by atoms with E-state index in [0.717, 1.165) is 5.56 Å². The maximum atomic E-state index is 12.8. The number of alkyl halides is 3. The summed E-state index contributed by atoms with van der Waals surface area (Å²) in [6.07, 6.45) is -4.40. The Bertz CT molecular complexity index is 562. The van der Waals surface area contributed by atoms with Crippen LogP contribution in [-0.4, -0.2) is 11.0 Å². The van der Waals surface area contributed by atoms with Gasteiger partial charge in [-0.25, -0.2) is 4.98 Å². The molecule has 0 radical (unpaired) electrons. The Morgan fingerprint density at radius 2 is 1.85 bits per heavy atom. The van der Waals surface area contributed by atoms with E-state index in [4.69, 9.17) is 0 Å².